The summed E-state index contributed by atoms with van der Waals surface area (Å²) in [6.45, 7) is 3.48. The molecule has 3 heterocycles. The van der Waals surface area contributed by atoms with Crippen LogP contribution in [-0.2, 0) is 14.9 Å². The number of hydrogen-bond donors (Lipinski definition) is 1. The van der Waals surface area contributed by atoms with Crippen molar-refractivity contribution in [1.82, 2.24) is 14.9 Å². The van der Waals surface area contributed by atoms with Crippen molar-refractivity contribution in [3.8, 4) is 5.75 Å². The van der Waals surface area contributed by atoms with E-state index in [0.717, 1.165) is 24.2 Å². The van der Waals surface area contributed by atoms with Crippen LogP contribution in [0.3, 0.4) is 0 Å². The Hall–Kier alpha value is -3.00. The standard InChI is InChI=1S/C23H28N4O4/c1-15-18(20(24)28)14-25-21(26-15)19-4-3-11-27(19)22(29)23(9-12-31-13-10-23)16-5-7-17(30-2)8-6-16/h5-8,14,19H,3-4,9-13H2,1-2H3,(H2,24,28)/t19-/m1/s1. The zero-order chi connectivity index (χ0) is 22.0. The van der Waals surface area contributed by atoms with Gasteiger partial charge in [-0.25, -0.2) is 9.97 Å². The minimum absolute atomic E-state index is 0.0868. The van der Waals surface area contributed by atoms with Crippen molar-refractivity contribution >= 4 is 11.8 Å². The third-order valence-corrected chi connectivity index (χ3v) is 6.47. The first-order chi connectivity index (χ1) is 15.0. The van der Waals surface area contributed by atoms with Gasteiger partial charge in [0.1, 0.15) is 5.75 Å². The van der Waals surface area contributed by atoms with Crippen LogP contribution < -0.4 is 10.5 Å². The number of aromatic nitrogens is 2. The molecule has 2 aliphatic heterocycles. The number of nitrogens with zero attached hydrogens (tertiary/aromatic N) is 3. The number of primary amides is 1. The fourth-order valence-corrected chi connectivity index (χ4v) is 4.70. The van der Waals surface area contributed by atoms with E-state index in [4.69, 9.17) is 15.2 Å². The van der Waals surface area contributed by atoms with E-state index in [1.54, 1.807) is 14.0 Å². The smallest absolute Gasteiger partial charge is 0.252 e. The summed E-state index contributed by atoms with van der Waals surface area (Å²) in [7, 11) is 1.63. The first-order valence-corrected chi connectivity index (χ1v) is 10.6. The summed E-state index contributed by atoms with van der Waals surface area (Å²) in [6.07, 6.45) is 4.39. The summed E-state index contributed by atoms with van der Waals surface area (Å²) in [5, 5.41) is 0. The zero-order valence-electron chi connectivity index (χ0n) is 18.0. The highest BCUT2D eigenvalue weighted by molar-refractivity contribution is 5.93. The largest absolute Gasteiger partial charge is 0.497 e. The molecule has 2 N–H and O–H groups in total. The maximum absolute atomic E-state index is 14.0. The van der Waals surface area contributed by atoms with E-state index in [-0.39, 0.29) is 11.9 Å². The van der Waals surface area contributed by atoms with Gasteiger partial charge in [0, 0.05) is 26.0 Å². The predicted octanol–water partition coefficient (Wildman–Crippen LogP) is 2.30. The fraction of sp³-hybridized carbons (Fsp3) is 0.478. The molecule has 0 aliphatic carbocycles. The van der Waals surface area contributed by atoms with Gasteiger partial charge in [-0.2, -0.15) is 0 Å². The number of benzene rings is 1. The zero-order valence-corrected chi connectivity index (χ0v) is 18.0. The Morgan fingerprint density at radius 1 is 1.23 bits per heavy atom. The molecular formula is C23H28N4O4. The van der Waals surface area contributed by atoms with Crippen LogP contribution in [0, 0.1) is 6.92 Å². The lowest BCUT2D eigenvalue weighted by atomic mass is 9.72. The molecule has 0 spiro atoms. The average molecular weight is 425 g/mol. The molecule has 2 aliphatic rings. The Bertz CT molecular complexity index is 970. The fourth-order valence-electron chi connectivity index (χ4n) is 4.70. The summed E-state index contributed by atoms with van der Waals surface area (Å²) in [6, 6.07) is 7.54. The number of likely N-dealkylation sites (tertiary alicyclic amines) is 1. The molecule has 4 rings (SSSR count). The maximum Gasteiger partial charge on any atom is 0.252 e. The van der Waals surface area contributed by atoms with Gasteiger partial charge in [-0.05, 0) is 50.3 Å². The Morgan fingerprint density at radius 2 is 1.94 bits per heavy atom. The van der Waals surface area contributed by atoms with Crippen LogP contribution in [0.25, 0.3) is 0 Å². The summed E-state index contributed by atoms with van der Waals surface area (Å²) >= 11 is 0. The van der Waals surface area contributed by atoms with Gasteiger partial charge in [0.2, 0.25) is 5.91 Å². The van der Waals surface area contributed by atoms with Crippen LogP contribution in [0.1, 0.15) is 59.2 Å². The molecule has 1 aromatic heterocycles. The van der Waals surface area contributed by atoms with Crippen molar-refractivity contribution in [1.29, 1.82) is 0 Å². The summed E-state index contributed by atoms with van der Waals surface area (Å²) in [5.74, 6) is 0.855. The maximum atomic E-state index is 14.0. The second kappa shape index (κ2) is 8.63. The summed E-state index contributed by atoms with van der Waals surface area (Å²) in [5.41, 5.74) is 6.57. The molecule has 2 aromatic rings. The Balaban J connectivity index is 1.67. The number of methoxy groups -OCH3 is 1. The summed E-state index contributed by atoms with van der Waals surface area (Å²) in [4.78, 5) is 36.4. The van der Waals surface area contributed by atoms with Crippen LogP contribution in [-0.4, -0.2) is 53.6 Å². The first-order valence-electron chi connectivity index (χ1n) is 10.6. The second-order valence-electron chi connectivity index (χ2n) is 8.17. The SMILES string of the molecule is COc1ccc(C2(C(=O)N3CCC[C@@H]3c3ncc(C(N)=O)c(C)n3)CCOCC2)cc1. The van der Waals surface area contributed by atoms with E-state index < -0.39 is 11.3 Å². The minimum Gasteiger partial charge on any atom is -0.497 e. The monoisotopic (exact) mass is 424 g/mol. The van der Waals surface area contributed by atoms with E-state index in [2.05, 4.69) is 9.97 Å². The number of hydrogen-bond acceptors (Lipinski definition) is 6. The quantitative estimate of drug-likeness (QED) is 0.789. The van der Waals surface area contributed by atoms with Crippen LogP contribution in [0.2, 0.25) is 0 Å². The van der Waals surface area contributed by atoms with E-state index in [9.17, 15) is 9.59 Å². The molecule has 1 aromatic carbocycles. The van der Waals surface area contributed by atoms with Crippen molar-refractivity contribution in [3.63, 3.8) is 0 Å². The highest BCUT2D eigenvalue weighted by Crippen LogP contribution is 2.41. The third-order valence-electron chi connectivity index (χ3n) is 6.47. The molecule has 2 amide bonds. The molecule has 8 heteroatoms. The van der Waals surface area contributed by atoms with Crippen molar-refractivity contribution in [2.24, 2.45) is 5.73 Å². The summed E-state index contributed by atoms with van der Waals surface area (Å²) < 4.78 is 10.9. The number of carbonyl (C=O) groups is 2. The number of nitrogens with two attached hydrogens (primary N) is 1. The molecule has 2 fully saturated rings. The van der Waals surface area contributed by atoms with E-state index >= 15 is 0 Å². The van der Waals surface area contributed by atoms with Gasteiger partial charge in [-0.15, -0.1) is 0 Å². The molecule has 164 valence electrons. The lowest BCUT2D eigenvalue weighted by Crippen LogP contribution is -2.49. The molecule has 0 unspecified atom stereocenters. The van der Waals surface area contributed by atoms with Crippen molar-refractivity contribution in [2.45, 2.75) is 44.1 Å². The molecule has 0 saturated carbocycles. The lowest BCUT2D eigenvalue weighted by Gasteiger charge is -2.40. The second-order valence-corrected chi connectivity index (χ2v) is 8.17. The number of rotatable bonds is 5. The van der Waals surface area contributed by atoms with Gasteiger partial charge in [0.25, 0.3) is 5.91 Å². The van der Waals surface area contributed by atoms with Gasteiger partial charge < -0.3 is 20.1 Å². The van der Waals surface area contributed by atoms with Gasteiger partial charge in [-0.3, -0.25) is 9.59 Å². The first kappa shape index (κ1) is 21.2. The van der Waals surface area contributed by atoms with Crippen molar-refractivity contribution < 1.29 is 19.1 Å². The van der Waals surface area contributed by atoms with Crippen LogP contribution in [0.5, 0.6) is 5.75 Å². The topological polar surface area (TPSA) is 108 Å². The van der Waals surface area contributed by atoms with Crippen molar-refractivity contribution in [2.75, 3.05) is 26.9 Å². The molecule has 0 radical (unpaired) electrons. The average Bonchev–Trinajstić information content (AvgIpc) is 3.28. The van der Waals surface area contributed by atoms with Crippen molar-refractivity contribution in [3.05, 3.63) is 53.1 Å². The molecule has 31 heavy (non-hydrogen) atoms. The van der Waals surface area contributed by atoms with Gasteiger partial charge in [0.15, 0.2) is 5.82 Å². The molecule has 1 atom stereocenters. The minimum atomic E-state index is -0.644. The predicted molar refractivity (Wildman–Crippen MR) is 114 cm³/mol. The molecule has 8 nitrogen and oxygen atoms in total. The molecule has 0 bridgehead atoms. The van der Waals surface area contributed by atoms with E-state index in [1.165, 1.54) is 6.20 Å². The third kappa shape index (κ3) is 3.87. The van der Waals surface area contributed by atoms with E-state index in [0.29, 0.717) is 49.7 Å². The number of ether oxygens (including phenoxy) is 2. The highest BCUT2D eigenvalue weighted by Gasteiger charge is 2.47. The van der Waals surface area contributed by atoms with Crippen LogP contribution in [0.4, 0.5) is 0 Å². The number of carbonyl (C=O) groups excluding carboxylic acids is 2. The lowest BCUT2D eigenvalue weighted by molar-refractivity contribution is -0.142. The number of aryl methyl sites for hydroxylation is 1. The Morgan fingerprint density at radius 3 is 2.55 bits per heavy atom. The normalized spacial score (nSPS) is 20.5. The molecular weight excluding hydrogens is 396 g/mol. The van der Waals surface area contributed by atoms with Crippen LogP contribution in [0.15, 0.2) is 30.5 Å². The Labute approximate surface area is 181 Å². The highest BCUT2D eigenvalue weighted by atomic mass is 16.5. The van der Waals surface area contributed by atoms with E-state index in [1.807, 2.05) is 29.2 Å². The number of amides is 2. The molecule has 2 saturated heterocycles. The van der Waals surface area contributed by atoms with Gasteiger partial charge >= 0.3 is 0 Å². The Kier molecular flexibility index (Phi) is 5.91. The van der Waals surface area contributed by atoms with Gasteiger partial charge in [0.05, 0.1) is 29.8 Å². The van der Waals surface area contributed by atoms with Crippen LogP contribution >= 0.6 is 0 Å². The van der Waals surface area contributed by atoms with Gasteiger partial charge in [-0.1, -0.05) is 12.1 Å².